The number of aryl methyl sites for hydroxylation is 2. The molecule has 0 saturated heterocycles. The van der Waals surface area contributed by atoms with Crippen LogP contribution in [0.25, 0.3) is 0 Å². The van der Waals surface area contributed by atoms with E-state index >= 15 is 0 Å². The predicted octanol–water partition coefficient (Wildman–Crippen LogP) is 3.24. The van der Waals surface area contributed by atoms with Gasteiger partial charge in [-0.15, -0.1) is 0 Å². The summed E-state index contributed by atoms with van der Waals surface area (Å²) in [6.45, 7) is 2.15. The lowest BCUT2D eigenvalue weighted by Gasteiger charge is -2.20. The summed E-state index contributed by atoms with van der Waals surface area (Å²) < 4.78 is 0. The summed E-state index contributed by atoms with van der Waals surface area (Å²) in [5, 5.41) is 0. The Morgan fingerprint density at radius 3 is 2.85 bits per heavy atom. The minimum Gasteiger partial charge on any atom is -0.327 e. The minimum absolute atomic E-state index is 0.165. The normalized spacial score (nSPS) is 18.8. The van der Waals surface area contributed by atoms with Gasteiger partial charge in [-0.1, -0.05) is 37.3 Å². The third-order valence-corrected chi connectivity index (χ3v) is 4.44. The van der Waals surface area contributed by atoms with Crippen LogP contribution in [0.15, 0.2) is 42.6 Å². The summed E-state index contributed by atoms with van der Waals surface area (Å²) in [7, 11) is 0. The Labute approximate surface area is 121 Å². The molecule has 2 nitrogen and oxygen atoms in total. The predicted molar refractivity (Wildman–Crippen MR) is 82.8 cm³/mol. The van der Waals surface area contributed by atoms with E-state index in [1.165, 1.54) is 23.1 Å². The summed E-state index contributed by atoms with van der Waals surface area (Å²) in [5.74, 6) is 0.485. The van der Waals surface area contributed by atoms with Gasteiger partial charge in [0.05, 0.1) is 0 Å². The van der Waals surface area contributed by atoms with Crippen LogP contribution in [0, 0.1) is 0 Å². The molecule has 3 rings (SSSR count). The Kier molecular flexibility index (Phi) is 3.83. The van der Waals surface area contributed by atoms with Crippen LogP contribution in [0.4, 0.5) is 0 Å². The van der Waals surface area contributed by atoms with Gasteiger partial charge in [0.25, 0.3) is 0 Å². The first-order valence-electron chi connectivity index (χ1n) is 7.55. The standard InChI is InChI=1S/C18H22N2/c1-2-13-7-9-15(20-12-13)11-18(19)17-10-8-14-5-3-4-6-16(14)17/h3-7,9,12,17-18H,2,8,10-11,19H2,1H3. The van der Waals surface area contributed by atoms with Crippen LogP contribution >= 0.6 is 0 Å². The van der Waals surface area contributed by atoms with E-state index in [0.717, 1.165) is 25.0 Å². The van der Waals surface area contributed by atoms with Crippen LogP contribution in [-0.2, 0) is 19.3 Å². The highest BCUT2D eigenvalue weighted by Crippen LogP contribution is 2.35. The van der Waals surface area contributed by atoms with Crippen LogP contribution in [0.5, 0.6) is 0 Å². The number of hydrogen-bond acceptors (Lipinski definition) is 2. The fraction of sp³-hybridized carbons (Fsp3) is 0.389. The molecule has 0 aliphatic heterocycles. The van der Waals surface area contributed by atoms with Gasteiger partial charge in [-0.05, 0) is 47.9 Å². The van der Waals surface area contributed by atoms with Crippen molar-refractivity contribution in [1.29, 1.82) is 0 Å². The van der Waals surface area contributed by atoms with Gasteiger partial charge in [0, 0.05) is 24.4 Å². The van der Waals surface area contributed by atoms with E-state index in [-0.39, 0.29) is 6.04 Å². The highest BCUT2D eigenvalue weighted by molar-refractivity contribution is 5.36. The van der Waals surface area contributed by atoms with E-state index in [1.54, 1.807) is 0 Å². The van der Waals surface area contributed by atoms with Crippen LogP contribution < -0.4 is 5.73 Å². The first-order chi connectivity index (χ1) is 9.78. The van der Waals surface area contributed by atoms with Gasteiger partial charge in [0.15, 0.2) is 0 Å². The van der Waals surface area contributed by atoms with E-state index in [2.05, 4.69) is 48.3 Å². The second kappa shape index (κ2) is 5.76. The molecular formula is C18H22N2. The molecule has 1 aromatic heterocycles. The maximum atomic E-state index is 6.46. The molecule has 0 bridgehead atoms. The number of aromatic nitrogens is 1. The van der Waals surface area contributed by atoms with Crippen molar-refractivity contribution >= 4 is 0 Å². The van der Waals surface area contributed by atoms with E-state index < -0.39 is 0 Å². The van der Waals surface area contributed by atoms with E-state index in [9.17, 15) is 0 Å². The number of benzene rings is 1. The molecule has 1 aromatic carbocycles. The maximum absolute atomic E-state index is 6.46. The van der Waals surface area contributed by atoms with Crippen molar-refractivity contribution in [2.45, 2.75) is 44.6 Å². The lowest BCUT2D eigenvalue weighted by Crippen LogP contribution is -2.30. The Bertz CT molecular complexity index is 574. The van der Waals surface area contributed by atoms with Crippen LogP contribution in [-0.4, -0.2) is 11.0 Å². The second-order valence-electron chi connectivity index (χ2n) is 5.72. The maximum Gasteiger partial charge on any atom is 0.0419 e. The summed E-state index contributed by atoms with van der Waals surface area (Å²) >= 11 is 0. The van der Waals surface area contributed by atoms with E-state index in [1.807, 2.05) is 6.20 Å². The third-order valence-electron chi connectivity index (χ3n) is 4.44. The highest BCUT2D eigenvalue weighted by Gasteiger charge is 2.27. The Morgan fingerprint density at radius 1 is 1.25 bits per heavy atom. The first kappa shape index (κ1) is 13.3. The fourth-order valence-electron chi connectivity index (χ4n) is 3.20. The Balaban J connectivity index is 1.72. The van der Waals surface area contributed by atoms with Gasteiger partial charge < -0.3 is 5.73 Å². The lowest BCUT2D eigenvalue weighted by atomic mass is 9.90. The molecule has 0 fully saturated rings. The SMILES string of the molecule is CCc1ccc(CC(N)C2CCc3ccccc32)nc1. The molecule has 2 N–H and O–H groups in total. The van der Waals surface area contributed by atoms with Crippen LogP contribution in [0.2, 0.25) is 0 Å². The number of nitrogens with zero attached hydrogens (tertiary/aromatic N) is 1. The zero-order valence-corrected chi connectivity index (χ0v) is 12.0. The zero-order valence-electron chi connectivity index (χ0n) is 12.0. The molecule has 2 unspecified atom stereocenters. The first-order valence-corrected chi connectivity index (χ1v) is 7.55. The summed E-state index contributed by atoms with van der Waals surface area (Å²) in [4.78, 5) is 4.54. The van der Waals surface area contributed by atoms with Gasteiger partial charge in [-0.3, -0.25) is 4.98 Å². The summed E-state index contributed by atoms with van der Waals surface area (Å²) in [5.41, 5.74) is 11.8. The molecule has 104 valence electrons. The molecule has 0 amide bonds. The quantitative estimate of drug-likeness (QED) is 0.922. The molecule has 1 aliphatic carbocycles. The van der Waals surface area contributed by atoms with Crippen molar-refractivity contribution in [1.82, 2.24) is 4.98 Å². The average molecular weight is 266 g/mol. The smallest absolute Gasteiger partial charge is 0.0419 e. The monoisotopic (exact) mass is 266 g/mol. The largest absolute Gasteiger partial charge is 0.327 e. The van der Waals surface area contributed by atoms with Gasteiger partial charge in [0.2, 0.25) is 0 Å². The van der Waals surface area contributed by atoms with Crippen molar-refractivity contribution in [2.75, 3.05) is 0 Å². The van der Waals surface area contributed by atoms with Crippen molar-refractivity contribution < 1.29 is 0 Å². The molecular weight excluding hydrogens is 244 g/mol. The molecule has 2 atom stereocenters. The third kappa shape index (κ3) is 2.61. The average Bonchev–Trinajstić information content (AvgIpc) is 2.92. The van der Waals surface area contributed by atoms with Crippen molar-refractivity contribution in [2.24, 2.45) is 5.73 Å². The Morgan fingerprint density at radius 2 is 2.10 bits per heavy atom. The van der Waals surface area contributed by atoms with Crippen LogP contribution in [0.1, 0.15) is 41.6 Å². The summed E-state index contributed by atoms with van der Waals surface area (Å²) in [6.07, 6.45) is 6.22. The molecule has 0 saturated carbocycles. The molecule has 1 aliphatic rings. The molecule has 1 heterocycles. The number of fused-ring (bicyclic) bond motifs is 1. The number of rotatable bonds is 4. The number of nitrogens with two attached hydrogens (primary N) is 1. The number of hydrogen-bond donors (Lipinski definition) is 1. The van der Waals surface area contributed by atoms with Gasteiger partial charge in [-0.25, -0.2) is 0 Å². The molecule has 2 heteroatoms. The van der Waals surface area contributed by atoms with Gasteiger partial charge in [-0.2, -0.15) is 0 Å². The molecule has 2 aromatic rings. The van der Waals surface area contributed by atoms with Crippen molar-refractivity contribution in [3.63, 3.8) is 0 Å². The lowest BCUT2D eigenvalue weighted by molar-refractivity contribution is 0.520. The van der Waals surface area contributed by atoms with Crippen molar-refractivity contribution in [3.8, 4) is 0 Å². The van der Waals surface area contributed by atoms with Gasteiger partial charge >= 0.3 is 0 Å². The van der Waals surface area contributed by atoms with E-state index in [4.69, 9.17) is 5.73 Å². The topological polar surface area (TPSA) is 38.9 Å². The van der Waals surface area contributed by atoms with Gasteiger partial charge in [0.1, 0.15) is 0 Å². The number of pyridine rings is 1. The molecule has 20 heavy (non-hydrogen) atoms. The molecule has 0 radical (unpaired) electrons. The zero-order chi connectivity index (χ0) is 13.9. The highest BCUT2D eigenvalue weighted by atomic mass is 14.7. The van der Waals surface area contributed by atoms with Crippen molar-refractivity contribution in [3.05, 3.63) is 65.0 Å². The van der Waals surface area contributed by atoms with Crippen LogP contribution in [0.3, 0.4) is 0 Å². The second-order valence-corrected chi connectivity index (χ2v) is 5.72. The summed E-state index contributed by atoms with van der Waals surface area (Å²) in [6, 6.07) is 13.2. The molecule has 0 spiro atoms. The Hall–Kier alpha value is -1.67. The fourth-order valence-corrected chi connectivity index (χ4v) is 3.20. The minimum atomic E-state index is 0.165. The van der Waals surface area contributed by atoms with E-state index in [0.29, 0.717) is 5.92 Å².